The van der Waals surface area contributed by atoms with Crippen molar-refractivity contribution < 1.29 is 14.3 Å². The van der Waals surface area contributed by atoms with Crippen LogP contribution in [-0.2, 0) is 14.3 Å². The second-order valence-electron chi connectivity index (χ2n) is 5.71. The van der Waals surface area contributed by atoms with Gasteiger partial charge in [-0.15, -0.1) is 0 Å². The molecular formula is C15H30N2O3. The first-order valence-electron chi connectivity index (χ1n) is 7.74. The van der Waals surface area contributed by atoms with E-state index in [1.54, 1.807) is 0 Å². The summed E-state index contributed by atoms with van der Waals surface area (Å²) in [6.45, 7) is 9.96. The van der Waals surface area contributed by atoms with Crippen molar-refractivity contribution in [3.8, 4) is 0 Å². The van der Waals surface area contributed by atoms with Gasteiger partial charge in [0.25, 0.3) is 0 Å². The third kappa shape index (κ3) is 6.20. The van der Waals surface area contributed by atoms with E-state index >= 15 is 0 Å². The molecule has 0 aromatic carbocycles. The SMILES string of the molecule is CCN(CCC(NC(C)C)C(=O)OC)CC1CCCO1. The van der Waals surface area contributed by atoms with E-state index in [0.29, 0.717) is 6.10 Å². The Morgan fingerprint density at radius 1 is 1.50 bits per heavy atom. The third-order valence-corrected chi connectivity index (χ3v) is 3.69. The van der Waals surface area contributed by atoms with Gasteiger partial charge in [-0.25, -0.2) is 0 Å². The summed E-state index contributed by atoms with van der Waals surface area (Å²) in [5.74, 6) is -0.174. The summed E-state index contributed by atoms with van der Waals surface area (Å²) in [6.07, 6.45) is 3.46. The molecule has 0 spiro atoms. The first-order valence-corrected chi connectivity index (χ1v) is 7.74. The van der Waals surface area contributed by atoms with Crippen LogP contribution in [0.1, 0.15) is 40.0 Å². The molecule has 118 valence electrons. The van der Waals surface area contributed by atoms with Crippen molar-refractivity contribution in [2.24, 2.45) is 0 Å². The minimum atomic E-state index is -0.224. The number of hydrogen-bond acceptors (Lipinski definition) is 5. The van der Waals surface area contributed by atoms with Crippen molar-refractivity contribution in [1.29, 1.82) is 0 Å². The number of rotatable bonds is 9. The summed E-state index contributed by atoms with van der Waals surface area (Å²) in [6, 6.07) is 0.0471. The summed E-state index contributed by atoms with van der Waals surface area (Å²) in [4.78, 5) is 14.1. The number of nitrogens with one attached hydrogen (secondary N) is 1. The maximum absolute atomic E-state index is 11.8. The number of hydrogen-bond donors (Lipinski definition) is 1. The van der Waals surface area contributed by atoms with Crippen LogP contribution in [0, 0.1) is 0 Å². The van der Waals surface area contributed by atoms with Gasteiger partial charge in [-0.2, -0.15) is 0 Å². The molecule has 20 heavy (non-hydrogen) atoms. The fourth-order valence-electron chi connectivity index (χ4n) is 2.58. The smallest absolute Gasteiger partial charge is 0.322 e. The zero-order valence-corrected chi connectivity index (χ0v) is 13.4. The maximum atomic E-state index is 11.8. The fraction of sp³-hybridized carbons (Fsp3) is 0.933. The highest BCUT2D eigenvalue weighted by Crippen LogP contribution is 2.13. The molecule has 1 aliphatic heterocycles. The zero-order chi connectivity index (χ0) is 15.0. The van der Waals surface area contributed by atoms with Gasteiger partial charge in [0.05, 0.1) is 13.2 Å². The minimum absolute atomic E-state index is 0.174. The van der Waals surface area contributed by atoms with E-state index in [1.165, 1.54) is 13.5 Å². The number of esters is 1. The van der Waals surface area contributed by atoms with E-state index in [1.807, 2.05) is 13.8 Å². The molecule has 1 rings (SSSR count). The molecule has 2 atom stereocenters. The lowest BCUT2D eigenvalue weighted by molar-refractivity contribution is -0.143. The molecule has 2 unspecified atom stereocenters. The van der Waals surface area contributed by atoms with Gasteiger partial charge < -0.3 is 19.7 Å². The van der Waals surface area contributed by atoms with Crippen molar-refractivity contribution in [3.63, 3.8) is 0 Å². The van der Waals surface area contributed by atoms with Gasteiger partial charge in [0, 0.05) is 25.7 Å². The van der Waals surface area contributed by atoms with Crippen LogP contribution in [0.5, 0.6) is 0 Å². The van der Waals surface area contributed by atoms with Crippen LogP contribution in [0.3, 0.4) is 0 Å². The zero-order valence-electron chi connectivity index (χ0n) is 13.4. The number of ether oxygens (including phenoxy) is 2. The largest absolute Gasteiger partial charge is 0.468 e. The molecule has 0 saturated carbocycles. The molecule has 0 aromatic rings. The molecule has 0 radical (unpaired) electrons. The highest BCUT2D eigenvalue weighted by Gasteiger charge is 2.22. The second-order valence-corrected chi connectivity index (χ2v) is 5.71. The van der Waals surface area contributed by atoms with Gasteiger partial charge in [0.1, 0.15) is 6.04 Å². The highest BCUT2D eigenvalue weighted by atomic mass is 16.5. The van der Waals surface area contributed by atoms with Crippen LogP contribution in [0.15, 0.2) is 0 Å². The Balaban J connectivity index is 2.39. The Morgan fingerprint density at radius 2 is 2.25 bits per heavy atom. The van der Waals surface area contributed by atoms with Crippen LogP contribution >= 0.6 is 0 Å². The van der Waals surface area contributed by atoms with Gasteiger partial charge in [0.15, 0.2) is 0 Å². The fourth-order valence-corrected chi connectivity index (χ4v) is 2.58. The number of carbonyl (C=O) groups is 1. The quantitative estimate of drug-likeness (QED) is 0.650. The van der Waals surface area contributed by atoms with Crippen LogP contribution in [-0.4, -0.2) is 62.4 Å². The number of nitrogens with zero attached hydrogens (tertiary/aromatic N) is 1. The van der Waals surface area contributed by atoms with Gasteiger partial charge in [0.2, 0.25) is 0 Å². The van der Waals surface area contributed by atoms with Crippen molar-refractivity contribution in [2.45, 2.75) is 58.2 Å². The number of methoxy groups -OCH3 is 1. The van der Waals surface area contributed by atoms with Crippen molar-refractivity contribution in [1.82, 2.24) is 10.2 Å². The standard InChI is InChI=1S/C15H30N2O3/c1-5-17(11-13-7-6-10-20-13)9-8-14(15(18)19-4)16-12(2)3/h12-14,16H,5-11H2,1-4H3. The lowest BCUT2D eigenvalue weighted by Gasteiger charge is -2.26. The second kappa shape index (κ2) is 9.32. The normalized spacial score (nSPS) is 20.6. The summed E-state index contributed by atoms with van der Waals surface area (Å²) in [5, 5.41) is 3.27. The number of likely N-dealkylation sites (N-methyl/N-ethyl adjacent to an activating group) is 1. The van der Waals surface area contributed by atoms with Crippen molar-refractivity contribution >= 4 is 5.97 Å². The summed E-state index contributed by atoms with van der Waals surface area (Å²) in [7, 11) is 1.45. The maximum Gasteiger partial charge on any atom is 0.322 e. The van der Waals surface area contributed by atoms with Crippen LogP contribution in [0.25, 0.3) is 0 Å². The first-order chi connectivity index (χ1) is 9.56. The lowest BCUT2D eigenvalue weighted by Crippen LogP contribution is -2.44. The van der Waals surface area contributed by atoms with Crippen LogP contribution in [0.4, 0.5) is 0 Å². The van der Waals surface area contributed by atoms with Gasteiger partial charge >= 0.3 is 5.97 Å². The number of carbonyl (C=O) groups excluding carboxylic acids is 1. The van der Waals surface area contributed by atoms with Gasteiger partial charge in [-0.05, 0) is 25.8 Å². The Kier molecular flexibility index (Phi) is 8.11. The van der Waals surface area contributed by atoms with Crippen molar-refractivity contribution in [2.75, 3.05) is 33.4 Å². The third-order valence-electron chi connectivity index (χ3n) is 3.69. The van der Waals surface area contributed by atoms with Crippen LogP contribution < -0.4 is 5.32 Å². The monoisotopic (exact) mass is 286 g/mol. The predicted molar refractivity (Wildman–Crippen MR) is 79.8 cm³/mol. The van der Waals surface area contributed by atoms with E-state index in [4.69, 9.17) is 9.47 Å². The van der Waals surface area contributed by atoms with E-state index in [-0.39, 0.29) is 18.1 Å². The molecule has 0 aromatic heterocycles. The minimum Gasteiger partial charge on any atom is -0.468 e. The molecule has 1 fully saturated rings. The van der Waals surface area contributed by atoms with Gasteiger partial charge in [-0.1, -0.05) is 20.8 Å². The Morgan fingerprint density at radius 3 is 2.75 bits per heavy atom. The molecule has 1 aliphatic rings. The first kappa shape index (κ1) is 17.4. The van der Waals surface area contributed by atoms with Crippen LogP contribution in [0.2, 0.25) is 0 Å². The van der Waals surface area contributed by atoms with E-state index < -0.39 is 0 Å². The summed E-state index contributed by atoms with van der Waals surface area (Å²) < 4.78 is 10.5. The average molecular weight is 286 g/mol. The van der Waals surface area contributed by atoms with Crippen molar-refractivity contribution in [3.05, 3.63) is 0 Å². The summed E-state index contributed by atoms with van der Waals surface area (Å²) in [5.41, 5.74) is 0. The predicted octanol–water partition coefficient (Wildman–Crippen LogP) is 1.42. The Hall–Kier alpha value is -0.650. The van der Waals surface area contributed by atoms with E-state index in [0.717, 1.165) is 39.1 Å². The molecule has 1 N–H and O–H groups in total. The molecule has 0 bridgehead atoms. The molecule has 0 amide bonds. The Bertz CT molecular complexity index is 278. The van der Waals surface area contributed by atoms with Gasteiger partial charge in [-0.3, -0.25) is 4.79 Å². The molecule has 5 nitrogen and oxygen atoms in total. The molecule has 1 heterocycles. The summed E-state index contributed by atoms with van der Waals surface area (Å²) >= 11 is 0. The van der Waals surface area contributed by atoms with E-state index in [2.05, 4.69) is 17.1 Å². The average Bonchev–Trinajstić information content (AvgIpc) is 2.93. The molecular weight excluding hydrogens is 256 g/mol. The van der Waals surface area contributed by atoms with E-state index in [9.17, 15) is 4.79 Å². The molecule has 5 heteroatoms. The topological polar surface area (TPSA) is 50.8 Å². The Labute approximate surface area is 123 Å². The lowest BCUT2D eigenvalue weighted by atomic mass is 10.1. The molecule has 0 aliphatic carbocycles. The molecule has 1 saturated heterocycles. The highest BCUT2D eigenvalue weighted by molar-refractivity contribution is 5.75.